The van der Waals surface area contributed by atoms with Gasteiger partial charge in [0.25, 0.3) is 5.91 Å². The molecule has 0 saturated heterocycles. The minimum absolute atomic E-state index is 0.180. The van der Waals surface area contributed by atoms with Gasteiger partial charge in [0.1, 0.15) is 18.2 Å². The lowest BCUT2D eigenvalue weighted by Crippen LogP contribution is -2.28. The first-order valence-electron chi connectivity index (χ1n) is 8.75. The van der Waals surface area contributed by atoms with Gasteiger partial charge in [0.2, 0.25) is 5.88 Å². The fourth-order valence-corrected chi connectivity index (χ4v) is 2.65. The Bertz CT molecular complexity index is 1140. The molecule has 7 nitrogen and oxygen atoms in total. The highest BCUT2D eigenvalue weighted by Crippen LogP contribution is 2.19. The van der Waals surface area contributed by atoms with E-state index < -0.39 is 5.82 Å². The number of carbonyl (C=O) groups is 1. The van der Waals surface area contributed by atoms with Crippen LogP contribution in [-0.2, 0) is 0 Å². The van der Waals surface area contributed by atoms with Crippen LogP contribution in [-0.4, -0.2) is 38.9 Å². The van der Waals surface area contributed by atoms with E-state index in [1.54, 1.807) is 24.3 Å². The van der Waals surface area contributed by atoms with E-state index in [-0.39, 0.29) is 24.9 Å². The molecule has 0 saturated carbocycles. The van der Waals surface area contributed by atoms with Crippen molar-refractivity contribution >= 4 is 11.6 Å². The number of benzene rings is 2. The lowest BCUT2D eigenvalue weighted by Gasteiger charge is -2.08. The van der Waals surface area contributed by atoms with Gasteiger partial charge in [0, 0.05) is 17.2 Å². The molecule has 2 aromatic carbocycles. The van der Waals surface area contributed by atoms with E-state index in [0.29, 0.717) is 28.5 Å². The Kier molecular flexibility index (Phi) is 5.10. The number of nitrogens with zero attached hydrogens (tertiary/aromatic N) is 4. The van der Waals surface area contributed by atoms with Gasteiger partial charge in [-0.25, -0.2) is 8.78 Å². The summed E-state index contributed by atoms with van der Waals surface area (Å²) in [6, 6.07) is 14.4. The number of hydrogen-bond acceptors (Lipinski definition) is 5. The highest BCUT2D eigenvalue weighted by atomic mass is 19.1. The number of halogens is 2. The van der Waals surface area contributed by atoms with Gasteiger partial charge >= 0.3 is 0 Å². The van der Waals surface area contributed by atoms with E-state index in [1.165, 1.54) is 40.9 Å². The minimum atomic E-state index is -0.402. The van der Waals surface area contributed by atoms with Crippen LogP contribution in [0.3, 0.4) is 0 Å². The fourth-order valence-electron chi connectivity index (χ4n) is 2.65. The zero-order valence-electron chi connectivity index (χ0n) is 15.0. The first-order valence-corrected chi connectivity index (χ1v) is 8.75. The van der Waals surface area contributed by atoms with E-state index in [1.807, 2.05) is 0 Å². The van der Waals surface area contributed by atoms with Crippen molar-refractivity contribution in [1.29, 1.82) is 0 Å². The van der Waals surface area contributed by atoms with Gasteiger partial charge in [-0.1, -0.05) is 0 Å². The summed E-state index contributed by atoms with van der Waals surface area (Å²) in [4.78, 5) is 12.0. The van der Waals surface area contributed by atoms with Crippen molar-refractivity contribution in [3.8, 4) is 17.3 Å². The van der Waals surface area contributed by atoms with Crippen molar-refractivity contribution in [2.75, 3.05) is 13.2 Å². The van der Waals surface area contributed by atoms with E-state index in [4.69, 9.17) is 4.74 Å². The van der Waals surface area contributed by atoms with Gasteiger partial charge in [-0.15, -0.1) is 15.3 Å². The van der Waals surface area contributed by atoms with Gasteiger partial charge in [-0.05, 0) is 54.6 Å². The second-order valence-corrected chi connectivity index (χ2v) is 6.08. The number of nitrogens with one attached hydrogen (secondary N) is 1. The predicted molar refractivity (Wildman–Crippen MR) is 100 cm³/mol. The van der Waals surface area contributed by atoms with Crippen LogP contribution in [0.5, 0.6) is 5.88 Å². The summed E-state index contributed by atoms with van der Waals surface area (Å²) in [7, 11) is 0. The Hall–Kier alpha value is -3.88. The summed E-state index contributed by atoms with van der Waals surface area (Å²) in [5, 5.41) is 15.1. The third-order valence-corrected chi connectivity index (χ3v) is 4.08. The van der Waals surface area contributed by atoms with Gasteiger partial charge in [-0.3, -0.25) is 4.79 Å². The standard InChI is InChI=1S/C20H15F2N5O2/c21-15-5-1-13(2-6-15)19-25-24-17-9-10-18(26-27(17)19)29-12-11-23-20(28)14-3-7-16(22)8-4-14/h1-10H,11-12H2,(H,23,28). The molecule has 146 valence electrons. The SMILES string of the molecule is O=C(NCCOc1ccc2nnc(-c3ccc(F)cc3)n2n1)c1ccc(F)cc1. The third-order valence-electron chi connectivity index (χ3n) is 4.08. The molecule has 2 heterocycles. The summed E-state index contributed by atoms with van der Waals surface area (Å²) in [6.07, 6.45) is 0. The smallest absolute Gasteiger partial charge is 0.251 e. The number of hydrogen-bond donors (Lipinski definition) is 1. The second kappa shape index (κ2) is 8.01. The summed E-state index contributed by atoms with van der Waals surface area (Å²) in [5.41, 5.74) is 1.54. The monoisotopic (exact) mass is 395 g/mol. The lowest BCUT2D eigenvalue weighted by molar-refractivity contribution is 0.0946. The topological polar surface area (TPSA) is 81.4 Å². The normalized spacial score (nSPS) is 10.8. The van der Waals surface area contributed by atoms with E-state index in [0.717, 1.165) is 0 Å². The third kappa shape index (κ3) is 4.18. The number of ether oxygens (including phenoxy) is 1. The molecular weight excluding hydrogens is 380 g/mol. The van der Waals surface area contributed by atoms with E-state index in [2.05, 4.69) is 20.6 Å². The van der Waals surface area contributed by atoms with Gasteiger partial charge in [0.15, 0.2) is 11.5 Å². The highest BCUT2D eigenvalue weighted by molar-refractivity contribution is 5.94. The molecule has 0 aliphatic heterocycles. The molecular formula is C20H15F2N5O2. The summed E-state index contributed by atoms with van der Waals surface area (Å²) >= 11 is 0. The van der Waals surface area contributed by atoms with Crippen LogP contribution in [0, 0.1) is 11.6 Å². The molecule has 4 rings (SSSR count). The van der Waals surface area contributed by atoms with Crippen LogP contribution in [0.15, 0.2) is 60.7 Å². The van der Waals surface area contributed by atoms with Crippen molar-refractivity contribution in [3.05, 3.63) is 77.9 Å². The number of aromatic nitrogens is 4. The number of amides is 1. The largest absolute Gasteiger partial charge is 0.475 e. The molecule has 0 fully saturated rings. The molecule has 9 heteroatoms. The van der Waals surface area contributed by atoms with Crippen LogP contribution in [0.1, 0.15) is 10.4 Å². The second-order valence-electron chi connectivity index (χ2n) is 6.08. The van der Waals surface area contributed by atoms with Gasteiger partial charge in [0.05, 0.1) is 6.54 Å². The summed E-state index contributed by atoms with van der Waals surface area (Å²) < 4.78 is 33.1. The average Bonchev–Trinajstić information content (AvgIpc) is 3.15. The fraction of sp³-hybridized carbons (Fsp3) is 0.100. The number of carbonyl (C=O) groups excluding carboxylic acids is 1. The Morgan fingerprint density at radius 2 is 1.62 bits per heavy atom. The molecule has 0 spiro atoms. The van der Waals surface area contributed by atoms with Crippen molar-refractivity contribution in [2.24, 2.45) is 0 Å². The molecule has 0 unspecified atom stereocenters. The van der Waals surface area contributed by atoms with Crippen molar-refractivity contribution in [2.45, 2.75) is 0 Å². The molecule has 0 atom stereocenters. The summed E-state index contributed by atoms with van der Waals surface area (Å²) in [6.45, 7) is 0.419. The molecule has 1 amide bonds. The van der Waals surface area contributed by atoms with Gasteiger partial charge < -0.3 is 10.1 Å². The first-order chi connectivity index (χ1) is 14.1. The first kappa shape index (κ1) is 18.5. The Morgan fingerprint density at radius 3 is 2.34 bits per heavy atom. The zero-order valence-corrected chi connectivity index (χ0v) is 15.0. The van der Waals surface area contributed by atoms with Crippen LogP contribution < -0.4 is 10.1 Å². The Balaban J connectivity index is 1.39. The van der Waals surface area contributed by atoms with E-state index >= 15 is 0 Å². The maximum atomic E-state index is 13.1. The van der Waals surface area contributed by atoms with Crippen molar-refractivity contribution in [1.82, 2.24) is 25.1 Å². The molecule has 29 heavy (non-hydrogen) atoms. The lowest BCUT2D eigenvalue weighted by atomic mass is 10.2. The molecule has 0 bridgehead atoms. The van der Waals surface area contributed by atoms with E-state index in [9.17, 15) is 13.6 Å². The summed E-state index contributed by atoms with van der Waals surface area (Å²) in [5.74, 6) is -0.302. The van der Waals surface area contributed by atoms with Crippen LogP contribution >= 0.6 is 0 Å². The van der Waals surface area contributed by atoms with Crippen LogP contribution in [0.25, 0.3) is 17.0 Å². The molecule has 4 aromatic rings. The quantitative estimate of drug-likeness (QED) is 0.508. The molecule has 0 aliphatic carbocycles. The molecule has 0 aliphatic rings. The average molecular weight is 395 g/mol. The van der Waals surface area contributed by atoms with Crippen molar-refractivity contribution < 1.29 is 18.3 Å². The maximum Gasteiger partial charge on any atom is 0.251 e. The molecule has 0 radical (unpaired) electrons. The predicted octanol–water partition coefficient (Wildman–Crippen LogP) is 2.88. The van der Waals surface area contributed by atoms with Crippen LogP contribution in [0.4, 0.5) is 8.78 Å². The molecule has 2 aromatic heterocycles. The maximum absolute atomic E-state index is 13.1. The minimum Gasteiger partial charge on any atom is -0.475 e. The number of rotatable bonds is 6. The Morgan fingerprint density at radius 1 is 0.931 bits per heavy atom. The van der Waals surface area contributed by atoms with Crippen molar-refractivity contribution in [3.63, 3.8) is 0 Å². The van der Waals surface area contributed by atoms with Gasteiger partial charge in [-0.2, -0.15) is 4.52 Å². The zero-order chi connectivity index (χ0) is 20.2. The number of fused-ring (bicyclic) bond motifs is 1. The Labute approximate surface area is 164 Å². The van der Waals surface area contributed by atoms with Crippen LogP contribution in [0.2, 0.25) is 0 Å². The highest BCUT2D eigenvalue weighted by Gasteiger charge is 2.11. The molecule has 1 N–H and O–H groups in total.